The number of piperidine rings is 1. The molecule has 0 saturated carbocycles. The first-order valence-corrected chi connectivity index (χ1v) is 9.79. The van der Waals surface area contributed by atoms with Gasteiger partial charge in [0.1, 0.15) is 0 Å². The Balaban J connectivity index is 0.000000509. The van der Waals surface area contributed by atoms with E-state index in [0.717, 1.165) is 19.4 Å². The molecule has 0 radical (unpaired) electrons. The van der Waals surface area contributed by atoms with Gasteiger partial charge in [-0.1, -0.05) is 0 Å². The van der Waals surface area contributed by atoms with Crippen LogP contribution in [0.1, 0.15) is 23.3 Å². The van der Waals surface area contributed by atoms with Gasteiger partial charge in [0.25, 0.3) is 11.6 Å². The normalized spacial score (nSPS) is 16.1. The number of nitrogens with zero attached hydrogens (tertiary/aromatic N) is 4. The quantitative estimate of drug-likeness (QED) is 0.402. The smallest absolute Gasteiger partial charge is 0.475 e. The SMILES string of the molecule is NC(=O)CN1CCCC(NC(=O)c2ccn(-c3ccc([N+](=O)[O-])cc3)n2)C1.O=C(O)C(F)(F)F. The summed E-state index contributed by atoms with van der Waals surface area (Å²) < 4.78 is 33.2. The lowest BCUT2D eigenvalue weighted by atomic mass is 10.1. The maximum Gasteiger partial charge on any atom is 0.490 e. The van der Waals surface area contributed by atoms with Gasteiger partial charge in [0.05, 0.1) is 17.2 Å². The molecule has 1 aliphatic rings. The topological polar surface area (TPSA) is 174 Å². The molecular weight excluding hydrogens is 465 g/mol. The van der Waals surface area contributed by atoms with Crippen molar-refractivity contribution in [1.29, 1.82) is 0 Å². The number of nitrogens with one attached hydrogen (secondary N) is 1. The van der Waals surface area contributed by atoms with Crippen LogP contribution in [-0.2, 0) is 9.59 Å². The third-order valence-corrected chi connectivity index (χ3v) is 4.61. The van der Waals surface area contributed by atoms with Gasteiger partial charge in [-0.25, -0.2) is 9.48 Å². The molecule has 4 N–H and O–H groups in total. The van der Waals surface area contributed by atoms with Crippen molar-refractivity contribution in [2.24, 2.45) is 5.73 Å². The van der Waals surface area contributed by atoms with Crippen molar-refractivity contribution in [2.75, 3.05) is 19.6 Å². The molecule has 184 valence electrons. The molecule has 1 atom stereocenters. The lowest BCUT2D eigenvalue weighted by Gasteiger charge is -2.32. The maximum atomic E-state index is 12.4. The second-order valence-corrected chi connectivity index (χ2v) is 7.24. The second-order valence-electron chi connectivity index (χ2n) is 7.24. The molecule has 1 unspecified atom stereocenters. The fourth-order valence-electron chi connectivity index (χ4n) is 3.11. The number of carboxylic acid groups (broad SMARTS) is 1. The van der Waals surface area contributed by atoms with E-state index in [1.807, 2.05) is 4.90 Å². The van der Waals surface area contributed by atoms with Crippen molar-refractivity contribution in [3.63, 3.8) is 0 Å². The lowest BCUT2D eigenvalue weighted by Crippen LogP contribution is -2.49. The molecule has 0 bridgehead atoms. The highest BCUT2D eigenvalue weighted by atomic mass is 19.4. The lowest BCUT2D eigenvalue weighted by molar-refractivity contribution is -0.384. The molecule has 1 aromatic heterocycles. The van der Waals surface area contributed by atoms with Crippen LogP contribution in [0.15, 0.2) is 36.5 Å². The van der Waals surface area contributed by atoms with E-state index < -0.39 is 17.1 Å². The number of benzene rings is 1. The van der Waals surface area contributed by atoms with Crippen molar-refractivity contribution < 1.29 is 37.6 Å². The zero-order chi connectivity index (χ0) is 25.5. The summed E-state index contributed by atoms with van der Waals surface area (Å²) in [5.74, 6) is -3.45. The van der Waals surface area contributed by atoms with Gasteiger partial charge in [-0.05, 0) is 37.6 Å². The summed E-state index contributed by atoms with van der Waals surface area (Å²) in [6, 6.07) is 7.40. The van der Waals surface area contributed by atoms with Gasteiger partial charge in [0, 0.05) is 30.9 Å². The Morgan fingerprint density at radius 1 is 1.24 bits per heavy atom. The molecule has 1 aromatic carbocycles. The van der Waals surface area contributed by atoms with Gasteiger partial charge >= 0.3 is 12.1 Å². The third-order valence-electron chi connectivity index (χ3n) is 4.61. The Hall–Kier alpha value is -4.01. The molecule has 34 heavy (non-hydrogen) atoms. The van der Waals surface area contributed by atoms with Crippen LogP contribution >= 0.6 is 0 Å². The Bertz CT molecular complexity index is 1040. The second kappa shape index (κ2) is 11.2. The van der Waals surface area contributed by atoms with E-state index in [4.69, 9.17) is 15.6 Å². The molecule has 15 heteroatoms. The van der Waals surface area contributed by atoms with Crippen LogP contribution in [0.4, 0.5) is 18.9 Å². The van der Waals surface area contributed by atoms with E-state index in [1.165, 1.54) is 16.8 Å². The number of nitrogens with two attached hydrogens (primary N) is 1. The Morgan fingerprint density at radius 3 is 2.38 bits per heavy atom. The summed E-state index contributed by atoms with van der Waals surface area (Å²) in [6.07, 6.45) is -1.77. The van der Waals surface area contributed by atoms with Crippen molar-refractivity contribution in [1.82, 2.24) is 20.0 Å². The van der Waals surface area contributed by atoms with E-state index in [-0.39, 0.29) is 35.8 Å². The predicted molar refractivity (Wildman–Crippen MR) is 110 cm³/mol. The number of rotatable bonds is 6. The Kier molecular flexibility index (Phi) is 8.66. The number of likely N-dealkylation sites (tertiary alicyclic amines) is 1. The first-order chi connectivity index (χ1) is 15.9. The van der Waals surface area contributed by atoms with Crippen molar-refractivity contribution in [3.8, 4) is 5.69 Å². The largest absolute Gasteiger partial charge is 0.490 e. The van der Waals surface area contributed by atoms with Crippen LogP contribution in [0.25, 0.3) is 5.69 Å². The summed E-state index contributed by atoms with van der Waals surface area (Å²) in [6.45, 7) is 1.53. The van der Waals surface area contributed by atoms with E-state index in [9.17, 15) is 32.9 Å². The van der Waals surface area contributed by atoms with Crippen molar-refractivity contribution in [2.45, 2.75) is 25.1 Å². The standard InChI is InChI=1S/C17H20N6O4.C2HF3O2/c18-16(24)11-21-8-1-2-12(10-21)19-17(25)15-7-9-22(20-15)13-3-5-14(6-4-13)23(26)27;3-2(4,5)1(6)7/h3-7,9,12H,1-2,8,10-11H2,(H2,18,24)(H,19,25);(H,6,7). The van der Waals surface area contributed by atoms with Crippen LogP contribution in [-0.4, -0.2) is 74.3 Å². The van der Waals surface area contributed by atoms with E-state index in [2.05, 4.69) is 10.4 Å². The Morgan fingerprint density at radius 2 is 1.85 bits per heavy atom. The number of amides is 2. The first-order valence-electron chi connectivity index (χ1n) is 9.79. The number of alkyl halides is 3. The number of hydrogen-bond donors (Lipinski definition) is 3. The molecule has 1 aliphatic heterocycles. The number of carbonyl (C=O) groups excluding carboxylic acids is 2. The molecule has 0 aliphatic carbocycles. The van der Waals surface area contributed by atoms with Gasteiger partial charge in [0.2, 0.25) is 5.91 Å². The fraction of sp³-hybridized carbons (Fsp3) is 0.368. The van der Waals surface area contributed by atoms with E-state index in [0.29, 0.717) is 12.2 Å². The van der Waals surface area contributed by atoms with E-state index in [1.54, 1.807) is 24.4 Å². The summed E-state index contributed by atoms with van der Waals surface area (Å²) >= 11 is 0. The number of carboxylic acids is 1. The highest BCUT2D eigenvalue weighted by Crippen LogP contribution is 2.16. The molecule has 1 saturated heterocycles. The summed E-state index contributed by atoms with van der Waals surface area (Å²) in [5, 5.41) is 25.0. The number of aromatic nitrogens is 2. The molecule has 12 nitrogen and oxygen atoms in total. The van der Waals surface area contributed by atoms with Crippen molar-refractivity contribution in [3.05, 3.63) is 52.3 Å². The molecule has 2 aromatic rings. The van der Waals surface area contributed by atoms with E-state index >= 15 is 0 Å². The minimum absolute atomic E-state index is 0.0123. The van der Waals surface area contributed by atoms with Gasteiger partial charge in [-0.15, -0.1) is 0 Å². The average Bonchev–Trinajstić information content (AvgIpc) is 3.24. The summed E-state index contributed by atoms with van der Waals surface area (Å²) in [4.78, 5) is 44.6. The van der Waals surface area contributed by atoms with Crippen LogP contribution < -0.4 is 11.1 Å². The minimum Gasteiger partial charge on any atom is -0.475 e. The van der Waals surface area contributed by atoms with Crippen molar-refractivity contribution >= 4 is 23.5 Å². The first kappa shape index (κ1) is 26.2. The molecular formula is C19H21F3N6O6. The number of carbonyl (C=O) groups is 3. The van der Waals surface area contributed by atoms with Crippen LogP contribution in [0, 0.1) is 10.1 Å². The number of hydrogen-bond acceptors (Lipinski definition) is 7. The molecule has 2 heterocycles. The molecule has 0 spiro atoms. The van der Waals surface area contributed by atoms with Gasteiger partial charge in [-0.2, -0.15) is 18.3 Å². The third kappa shape index (κ3) is 7.84. The zero-order valence-corrected chi connectivity index (χ0v) is 17.6. The number of halogens is 3. The fourth-order valence-corrected chi connectivity index (χ4v) is 3.11. The average molecular weight is 486 g/mol. The molecule has 3 rings (SSSR count). The number of non-ortho nitro benzene ring substituents is 1. The minimum atomic E-state index is -5.08. The highest BCUT2D eigenvalue weighted by Gasteiger charge is 2.38. The number of nitro benzene ring substituents is 1. The number of primary amides is 1. The zero-order valence-electron chi connectivity index (χ0n) is 17.6. The number of aliphatic carboxylic acids is 1. The van der Waals surface area contributed by atoms with Crippen LogP contribution in [0.5, 0.6) is 0 Å². The van der Waals surface area contributed by atoms with Crippen LogP contribution in [0.3, 0.4) is 0 Å². The monoisotopic (exact) mass is 486 g/mol. The Labute approximate surface area is 190 Å². The molecule has 2 amide bonds. The van der Waals surface area contributed by atoms with Gasteiger partial charge in [0.15, 0.2) is 5.69 Å². The maximum absolute atomic E-state index is 12.4. The van der Waals surface area contributed by atoms with Gasteiger partial charge < -0.3 is 16.2 Å². The predicted octanol–water partition coefficient (Wildman–Crippen LogP) is 1.09. The molecule has 1 fully saturated rings. The highest BCUT2D eigenvalue weighted by molar-refractivity contribution is 5.92. The summed E-state index contributed by atoms with van der Waals surface area (Å²) in [7, 11) is 0. The van der Waals surface area contributed by atoms with Gasteiger partial charge in [-0.3, -0.25) is 24.6 Å². The number of nitro groups is 1. The summed E-state index contributed by atoms with van der Waals surface area (Å²) in [5.41, 5.74) is 6.08. The van der Waals surface area contributed by atoms with Crippen LogP contribution in [0.2, 0.25) is 0 Å².